The largest absolute Gasteiger partial charge is 0.299 e. The summed E-state index contributed by atoms with van der Waals surface area (Å²) in [6, 6.07) is 19.1. The number of non-ortho nitro benzene ring substituents is 1. The van der Waals surface area contributed by atoms with Gasteiger partial charge in [0, 0.05) is 17.7 Å². The second kappa shape index (κ2) is 8.43. The van der Waals surface area contributed by atoms with Crippen molar-refractivity contribution in [3.05, 3.63) is 104 Å². The van der Waals surface area contributed by atoms with Crippen LogP contribution < -0.4 is 5.56 Å². The summed E-state index contributed by atoms with van der Waals surface area (Å²) in [6.07, 6.45) is 0. The van der Waals surface area contributed by atoms with Crippen LogP contribution in [0.3, 0.4) is 0 Å². The maximum atomic E-state index is 13.3. The summed E-state index contributed by atoms with van der Waals surface area (Å²) >= 11 is 0. The van der Waals surface area contributed by atoms with Crippen LogP contribution in [-0.4, -0.2) is 14.7 Å². The van der Waals surface area contributed by atoms with E-state index in [-0.39, 0.29) is 11.4 Å². The molecule has 0 saturated carbocycles. The molecule has 3 aromatic carbocycles. The van der Waals surface area contributed by atoms with Crippen LogP contribution >= 0.6 is 0 Å². The fraction of sp³-hybridized carbons (Fsp3) is 0.125. The lowest BCUT2D eigenvalue weighted by Gasteiger charge is -2.05. The molecule has 0 bridgehead atoms. The summed E-state index contributed by atoms with van der Waals surface area (Å²) in [5.74, 6) is 0. The lowest BCUT2D eigenvalue weighted by atomic mass is 10.1. The molecule has 4 rings (SSSR count). The van der Waals surface area contributed by atoms with E-state index in [0.29, 0.717) is 11.4 Å². The van der Waals surface area contributed by atoms with Gasteiger partial charge in [-0.05, 0) is 44.0 Å². The van der Waals surface area contributed by atoms with Gasteiger partial charge in [-0.15, -0.1) is 10.2 Å². The second-order valence-corrected chi connectivity index (χ2v) is 7.56. The monoisotopic (exact) mass is 427 g/mol. The van der Waals surface area contributed by atoms with Crippen LogP contribution in [-0.2, 0) is 0 Å². The first-order chi connectivity index (χ1) is 15.3. The normalized spacial score (nSPS) is 11.2. The second-order valence-electron chi connectivity index (χ2n) is 7.56. The van der Waals surface area contributed by atoms with Crippen LogP contribution in [0.15, 0.2) is 81.8 Å². The SMILES string of the molecule is Cc1cc(C)c(N=Nc2c(-c3ccccc3)[nH]n(-c3ccc([N+](=O)[O-])cc3)c2=O)c(C)c1. The highest BCUT2D eigenvalue weighted by Crippen LogP contribution is 2.31. The van der Waals surface area contributed by atoms with Gasteiger partial charge in [-0.2, -0.15) is 0 Å². The molecule has 32 heavy (non-hydrogen) atoms. The summed E-state index contributed by atoms with van der Waals surface area (Å²) in [6.45, 7) is 5.93. The molecule has 0 aliphatic carbocycles. The Morgan fingerprint density at radius 2 is 1.47 bits per heavy atom. The maximum absolute atomic E-state index is 13.3. The number of aromatic nitrogens is 2. The number of nitrogens with one attached hydrogen (secondary N) is 1. The Balaban J connectivity index is 1.86. The number of H-pyrrole nitrogens is 1. The first-order valence-electron chi connectivity index (χ1n) is 10.00. The molecule has 8 heteroatoms. The Bertz CT molecular complexity index is 1360. The smallest absolute Gasteiger partial charge is 0.288 e. The Labute approximate surface area is 184 Å². The van der Waals surface area contributed by atoms with Gasteiger partial charge in [0.1, 0.15) is 0 Å². The highest BCUT2D eigenvalue weighted by molar-refractivity contribution is 5.72. The van der Waals surface area contributed by atoms with Gasteiger partial charge in [-0.25, -0.2) is 4.68 Å². The Kier molecular flexibility index (Phi) is 5.51. The average molecular weight is 427 g/mol. The van der Waals surface area contributed by atoms with Crippen LogP contribution in [0.1, 0.15) is 16.7 Å². The molecule has 0 unspecified atom stereocenters. The van der Waals surface area contributed by atoms with Crippen molar-refractivity contribution in [1.82, 2.24) is 9.78 Å². The molecule has 8 nitrogen and oxygen atoms in total. The predicted octanol–water partition coefficient (Wildman–Crippen LogP) is 6.08. The van der Waals surface area contributed by atoms with E-state index in [1.807, 2.05) is 63.2 Å². The average Bonchev–Trinajstić information content (AvgIpc) is 3.10. The lowest BCUT2D eigenvalue weighted by molar-refractivity contribution is -0.384. The third-order valence-electron chi connectivity index (χ3n) is 5.13. The molecule has 0 fully saturated rings. The van der Waals surface area contributed by atoms with E-state index in [0.717, 1.165) is 27.9 Å². The quantitative estimate of drug-likeness (QED) is 0.237. The molecule has 0 atom stereocenters. The summed E-state index contributed by atoms with van der Waals surface area (Å²) in [5.41, 5.74) is 5.25. The minimum Gasteiger partial charge on any atom is -0.288 e. The van der Waals surface area contributed by atoms with Gasteiger partial charge >= 0.3 is 0 Å². The zero-order chi connectivity index (χ0) is 22.8. The summed E-state index contributed by atoms with van der Waals surface area (Å²) < 4.78 is 1.31. The van der Waals surface area contributed by atoms with Crippen molar-refractivity contribution in [2.45, 2.75) is 20.8 Å². The number of azo groups is 1. The van der Waals surface area contributed by atoms with E-state index in [4.69, 9.17) is 0 Å². The maximum Gasteiger partial charge on any atom is 0.299 e. The molecule has 0 aliphatic rings. The molecule has 4 aromatic rings. The third-order valence-corrected chi connectivity index (χ3v) is 5.13. The minimum absolute atomic E-state index is 0.0538. The first kappa shape index (κ1) is 20.9. The number of hydrogen-bond acceptors (Lipinski definition) is 5. The highest BCUT2D eigenvalue weighted by atomic mass is 16.6. The van der Waals surface area contributed by atoms with Gasteiger partial charge < -0.3 is 0 Å². The van der Waals surface area contributed by atoms with Gasteiger partial charge in [-0.3, -0.25) is 20.0 Å². The van der Waals surface area contributed by atoms with Crippen molar-refractivity contribution in [2.24, 2.45) is 10.2 Å². The fourth-order valence-electron chi connectivity index (χ4n) is 3.66. The molecule has 0 radical (unpaired) electrons. The van der Waals surface area contributed by atoms with Crippen LogP contribution in [0.25, 0.3) is 16.9 Å². The molecule has 1 aromatic heterocycles. The molecule has 0 aliphatic heterocycles. The van der Waals surface area contributed by atoms with E-state index >= 15 is 0 Å². The van der Waals surface area contributed by atoms with Gasteiger partial charge in [-0.1, -0.05) is 48.0 Å². The van der Waals surface area contributed by atoms with Gasteiger partial charge in [0.05, 0.1) is 22.0 Å². The number of benzene rings is 3. The number of aryl methyl sites for hydroxylation is 3. The molecule has 0 amide bonds. The number of nitro groups is 1. The number of aromatic amines is 1. The van der Waals surface area contributed by atoms with Gasteiger partial charge in [0.15, 0.2) is 5.69 Å². The summed E-state index contributed by atoms with van der Waals surface area (Å²) in [4.78, 5) is 23.7. The van der Waals surface area contributed by atoms with Gasteiger partial charge in [0.25, 0.3) is 11.2 Å². The number of nitro benzene ring substituents is 1. The first-order valence-corrected chi connectivity index (χ1v) is 10.00. The highest BCUT2D eigenvalue weighted by Gasteiger charge is 2.18. The lowest BCUT2D eigenvalue weighted by Crippen LogP contribution is -2.13. The van der Waals surface area contributed by atoms with E-state index in [2.05, 4.69) is 15.3 Å². The van der Waals surface area contributed by atoms with Crippen molar-refractivity contribution in [3.63, 3.8) is 0 Å². The van der Waals surface area contributed by atoms with Crippen molar-refractivity contribution in [2.75, 3.05) is 0 Å². The molecular weight excluding hydrogens is 406 g/mol. The van der Waals surface area contributed by atoms with Crippen LogP contribution in [0.4, 0.5) is 17.1 Å². The number of rotatable bonds is 5. The van der Waals surface area contributed by atoms with Crippen LogP contribution in [0, 0.1) is 30.9 Å². The van der Waals surface area contributed by atoms with Crippen molar-refractivity contribution in [3.8, 4) is 16.9 Å². The number of hydrogen-bond donors (Lipinski definition) is 1. The van der Waals surface area contributed by atoms with Gasteiger partial charge in [0.2, 0.25) is 0 Å². The molecule has 160 valence electrons. The van der Waals surface area contributed by atoms with E-state index in [9.17, 15) is 14.9 Å². The minimum atomic E-state index is -0.484. The Hall–Kier alpha value is -4.33. The van der Waals surface area contributed by atoms with Crippen molar-refractivity contribution >= 4 is 17.1 Å². The van der Waals surface area contributed by atoms with Crippen molar-refractivity contribution in [1.29, 1.82) is 0 Å². The van der Waals surface area contributed by atoms with Crippen LogP contribution in [0.5, 0.6) is 0 Å². The Morgan fingerprint density at radius 1 is 0.875 bits per heavy atom. The van der Waals surface area contributed by atoms with Crippen LogP contribution in [0.2, 0.25) is 0 Å². The summed E-state index contributed by atoms with van der Waals surface area (Å²) in [7, 11) is 0. The molecular formula is C24H21N5O3. The Morgan fingerprint density at radius 3 is 2.06 bits per heavy atom. The topological polar surface area (TPSA) is 106 Å². The zero-order valence-corrected chi connectivity index (χ0v) is 17.9. The number of nitrogens with zero attached hydrogens (tertiary/aromatic N) is 4. The standard InChI is InChI=1S/C24H21N5O3/c1-15-13-16(2)21(17(3)14-15)25-26-23-22(18-7-5-4-6-8-18)27-28(24(23)30)19-9-11-20(12-10-19)29(31)32/h4-14,27H,1-3H3. The summed E-state index contributed by atoms with van der Waals surface area (Å²) in [5, 5.41) is 22.8. The van der Waals surface area contributed by atoms with E-state index in [1.165, 1.54) is 28.9 Å². The zero-order valence-electron chi connectivity index (χ0n) is 17.9. The third kappa shape index (κ3) is 3.98. The molecule has 1 heterocycles. The van der Waals surface area contributed by atoms with E-state index < -0.39 is 10.5 Å². The van der Waals surface area contributed by atoms with Crippen molar-refractivity contribution < 1.29 is 4.92 Å². The predicted molar refractivity (Wildman–Crippen MR) is 123 cm³/mol. The fourth-order valence-corrected chi connectivity index (χ4v) is 3.66. The molecule has 0 spiro atoms. The molecule has 1 N–H and O–H groups in total. The molecule has 0 saturated heterocycles. The van der Waals surface area contributed by atoms with E-state index in [1.54, 1.807) is 0 Å².